The molecule has 1 aliphatic heterocycles. The number of rotatable bonds is 1. The Balaban J connectivity index is 2.15. The van der Waals surface area contributed by atoms with Crippen molar-refractivity contribution >= 4 is 5.91 Å². The van der Waals surface area contributed by atoms with E-state index in [1.54, 1.807) is 0 Å². The lowest BCUT2D eigenvalue weighted by Crippen LogP contribution is -2.51. The molecule has 0 aliphatic carbocycles. The lowest BCUT2D eigenvalue weighted by atomic mass is 10.1. The molecular formula is C13H17NO2. The number of ether oxygens (including phenoxy) is 1. The molecular weight excluding hydrogens is 202 g/mol. The molecule has 2 atom stereocenters. The summed E-state index contributed by atoms with van der Waals surface area (Å²) in [5.74, 6) is 0.100. The van der Waals surface area contributed by atoms with Crippen LogP contribution in [-0.2, 0) is 4.74 Å². The average molecular weight is 219 g/mol. The summed E-state index contributed by atoms with van der Waals surface area (Å²) in [4.78, 5) is 14.1. The number of amides is 1. The van der Waals surface area contributed by atoms with Gasteiger partial charge in [0.2, 0.25) is 0 Å². The van der Waals surface area contributed by atoms with Crippen LogP contribution in [0.1, 0.15) is 24.2 Å². The van der Waals surface area contributed by atoms with Gasteiger partial charge in [-0.15, -0.1) is 0 Å². The van der Waals surface area contributed by atoms with Crippen LogP contribution in [-0.4, -0.2) is 36.1 Å². The first-order valence-corrected chi connectivity index (χ1v) is 5.68. The third-order valence-electron chi connectivity index (χ3n) is 3.17. The predicted octanol–water partition coefficient (Wildman–Crippen LogP) is 1.94. The van der Waals surface area contributed by atoms with Gasteiger partial charge in [-0.05, 0) is 26.0 Å². The summed E-state index contributed by atoms with van der Waals surface area (Å²) in [6, 6.07) is 9.55. The van der Waals surface area contributed by atoms with Crippen LogP contribution in [0.4, 0.5) is 0 Å². The van der Waals surface area contributed by atoms with Crippen LogP contribution in [0.15, 0.2) is 30.3 Å². The van der Waals surface area contributed by atoms with Gasteiger partial charge in [0.05, 0.1) is 18.8 Å². The highest BCUT2D eigenvalue weighted by Crippen LogP contribution is 2.16. The first kappa shape index (κ1) is 11.1. The topological polar surface area (TPSA) is 29.5 Å². The van der Waals surface area contributed by atoms with Gasteiger partial charge in [0.15, 0.2) is 0 Å². The van der Waals surface area contributed by atoms with Crippen LogP contribution in [0.25, 0.3) is 0 Å². The predicted molar refractivity (Wildman–Crippen MR) is 62.4 cm³/mol. The molecule has 86 valence electrons. The number of nitrogens with zero attached hydrogens (tertiary/aromatic N) is 1. The molecule has 0 aromatic heterocycles. The highest BCUT2D eigenvalue weighted by atomic mass is 16.5. The quantitative estimate of drug-likeness (QED) is 0.722. The maximum atomic E-state index is 12.2. The fourth-order valence-corrected chi connectivity index (χ4v) is 1.97. The van der Waals surface area contributed by atoms with Crippen molar-refractivity contribution in [1.82, 2.24) is 4.90 Å². The molecule has 1 aromatic rings. The van der Waals surface area contributed by atoms with Crippen LogP contribution >= 0.6 is 0 Å². The summed E-state index contributed by atoms with van der Waals surface area (Å²) in [7, 11) is 0. The van der Waals surface area contributed by atoms with Gasteiger partial charge < -0.3 is 9.64 Å². The van der Waals surface area contributed by atoms with Crippen molar-refractivity contribution in [2.45, 2.75) is 26.0 Å². The Labute approximate surface area is 96.0 Å². The highest BCUT2D eigenvalue weighted by molar-refractivity contribution is 5.94. The first-order chi connectivity index (χ1) is 7.70. The normalized spacial score (nSPS) is 25.5. The maximum Gasteiger partial charge on any atom is 0.254 e. The number of benzene rings is 1. The molecule has 2 unspecified atom stereocenters. The van der Waals surface area contributed by atoms with Crippen LogP contribution in [0.3, 0.4) is 0 Å². The Morgan fingerprint density at radius 1 is 1.31 bits per heavy atom. The van der Waals surface area contributed by atoms with Crippen molar-refractivity contribution < 1.29 is 9.53 Å². The Bertz CT molecular complexity index is 363. The van der Waals surface area contributed by atoms with E-state index in [9.17, 15) is 4.79 Å². The number of morpholine rings is 1. The summed E-state index contributed by atoms with van der Waals surface area (Å²) >= 11 is 0. The molecule has 3 heteroatoms. The molecule has 1 heterocycles. The minimum Gasteiger partial charge on any atom is -0.375 e. The Hall–Kier alpha value is -1.35. The van der Waals surface area contributed by atoms with Gasteiger partial charge in [0.1, 0.15) is 0 Å². The maximum absolute atomic E-state index is 12.2. The van der Waals surface area contributed by atoms with Crippen molar-refractivity contribution in [2.24, 2.45) is 0 Å². The molecule has 16 heavy (non-hydrogen) atoms. The third-order valence-corrected chi connectivity index (χ3v) is 3.17. The monoisotopic (exact) mass is 219 g/mol. The Morgan fingerprint density at radius 2 is 2.00 bits per heavy atom. The van der Waals surface area contributed by atoms with E-state index in [0.717, 1.165) is 5.56 Å². The van der Waals surface area contributed by atoms with Gasteiger partial charge in [-0.25, -0.2) is 0 Å². The summed E-state index contributed by atoms with van der Waals surface area (Å²) in [6.07, 6.45) is 0.112. The SMILES string of the molecule is CC1OCCN(C(=O)c2ccccc2)C1C. The first-order valence-electron chi connectivity index (χ1n) is 5.68. The minimum absolute atomic E-state index is 0.100. The second-order valence-corrected chi connectivity index (χ2v) is 4.18. The molecule has 2 rings (SSSR count). The fourth-order valence-electron chi connectivity index (χ4n) is 1.97. The molecule has 0 saturated carbocycles. The zero-order valence-corrected chi connectivity index (χ0v) is 9.72. The van der Waals surface area contributed by atoms with Gasteiger partial charge in [0.25, 0.3) is 5.91 Å². The Kier molecular flexibility index (Phi) is 3.25. The van der Waals surface area contributed by atoms with Crippen LogP contribution < -0.4 is 0 Å². The van der Waals surface area contributed by atoms with E-state index in [2.05, 4.69) is 0 Å². The number of carbonyl (C=O) groups is 1. The third kappa shape index (κ3) is 2.09. The smallest absolute Gasteiger partial charge is 0.254 e. The summed E-state index contributed by atoms with van der Waals surface area (Å²) in [5.41, 5.74) is 0.753. The van der Waals surface area contributed by atoms with Crippen LogP contribution in [0.2, 0.25) is 0 Å². The van der Waals surface area contributed by atoms with Crippen molar-refractivity contribution in [3.05, 3.63) is 35.9 Å². The summed E-state index contributed by atoms with van der Waals surface area (Å²) in [6.45, 7) is 5.35. The molecule has 1 amide bonds. The molecule has 3 nitrogen and oxygen atoms in total. The van der Waals surface area contributed by atoms with E-state index in [-0.39, 0.29) is 18.1 Å². The van der Waals surface area contributed by atoms with Crippen molar-refractivity contribution in [3.8, 4) is 0 Å². The molecule has 1 aromatic carbocycles. The van der Waals surface area contributed by atoms with Gasteiger partial charge in [-0.1, -0.05) is 18.2 Å². The lowest BCUT2D eigenvalue weighted by molar-refractivity contribution is -0.0440. The molecule has 0 N–H and O–H groups in total. The van der Waals surface area contributed by atoms with Crippen LogP contribution in [0.5, 0.6) is 0 Å². The van der Waals surface area contributed by atoms with Crippen molar-refractivity contribution in [2.75, 3.05) is 13.2 Å². The highest BCUT2D eigenvalue weighted by Gasteiger charge is 2.29. The zero-order valence-electron chi connectivity index (χ0n) is 9.72. The van der Waals surface area contributed by atoms with E-state index in [1.165, 1.54) is 0 Å². The minimum atomic E-state index is 0.100. The molecule has 1 fully saturated rings. The fraction of sp³-hybridized carbons (Fsp3) is 0.462. The molecule has 1 saturated heterocycles. The zero-order chi connectivity index (χ0) is 11.5. The van der Waals surface area contributed by atoms with Gasteiger partial charge >= 0.3 is 0 Å². The van der Waals surface area contributed by atoms with Gasteiger partial charge in [-0.2, -0.15) is 0 Å². The van der Waals surface area contributed by atoms with Crippen LogP contribution in [0, 0.1) is 0 Å². The lowest BCUT2D eigenvalue weighted by Gasteiger charge is -2.37. The summed E-state index contributed by atoms with van der Waals surface area (Å²) < 4.78 is 5.51. The number of hydrogen-bond acceptors (Lipinski definition) is 2. The Morgan fingerprint density at radius 3 is 2.69 bits per heavy atom. The van der Waals surface area contributed by atoms with E-state index in [4.69, 9.17) is 4.74 Å². The average Bonchev–Trinajstić information content (AvgIpc) is 2.33. The number of hydrogen-bond donors (Lipinski definition) is 0. The largest absolute Gasteiger partial charge is 0.375 e. The van der Waals surface area contributed by atoms with Gasteiger partial charge in [-0.3, -0.25) is 4.79 Å². The molecule has 1 aliphatic rings. The van der Waals surface area contributed by atoms with Crippen molar-refractivity contribution in [1.29, 1.82) is 0 Å². The van der Waals surface area contributed by atoms with E-state index in [1.807, 2.05) is 49.1 Å². The van der Waals surface area contributed by atoms with E-state index >= 15 is 0 Å². The van der Waals surface area contributed by atoms with Crippen molar-refractivity contribution in [3.63, 3.8) is 0 Å². The van der Waals surface area contributed by atoms with E-state index in [0.29, 0.717) is 13.2 Å². The molecule has 0 bridgehead atoms. The second-order valence-electron chi connectivity index (χ2n) is 4.18. The number of carbonyl (C=O) groups excluding carboxylic acids is 1. The second kappa shape index (κ2) is 4.66. The standard InChI is InChI=1S/C13H17NO2/c1-10-11(2)16-9-8-14(10)13(15)12-6-4-3-5-7-12/h3-7,10-11H,8-9H2,1-2H3. The van der Waals surface area contributed by atoms with E-state index < -0.39 is 0 Å². The van der Waals surface area contributed by atoms with Gasteiger partial charge in [0, 0.05) is 12.1 Å². The summed E-state index contributed by atoms with van der Waals surface area (Å²) in [5, 5.41) is 0. The molecule has 0 radical (unpaired) electrons. The molecule has 0 spiro atoms.